The normalized spacial score (nSPS) is 21.1. The van der Waals surface area contributed by atoms with Gasteiger partial charge < -0.3 is 4.74 Å². The van der Waals surface area contributed by atoms with E-state index in [2.05, 4.69) is 53.3 Å². The van der Waals surface area contributed by atoms with Gasteiger partial charge in [-0.25, -0.2) is 0 Å². The highest BCUT2D eigenvalue weighted by atomic mass is 16.5. The Balaban J connectivity index is 1.74. The van der Waals surface area contributed by atoms with Crippen LogP contribution in [0.25, 0.3) is 0 Å². The monoisotopic (exact) mass is 419 g/mol. The molecule has 0 unspecified atom stereocenters. The summed E-state index contributed by atoms with van der Waals surface area (Å²) in [5.74, 6) is 0.540. The Hall–Kier alpha value is -2.48. The SMILES string of the molecule is C=C(C)CCCC(=C)CCCC(=C)CCC[C@]1([CH2+])CCC2=C(O1)C(=C)C(=C)C(=O)C2=C. The third-order valence-electron chi connectivity index (χ3n) is 6.33. The molecule has 2 nitrogen and oxygen atoms in total. The van der Waals surface area contributed by atoms with Crippen LogP contribution in [-0.2, 0) is 9.53 Å². The molecule has 1 atom stereocenters. The molecule has 2 aliphatic rings. The van der Waals surface area contributed by atoms with Crippen molar-refractivity contribution >= 4 is 5.78 Å². The van der Waals surface area contributed by atoms with Crippen molar-refractivity contribution in [2.24, 2.45) is 0 Å². The number of carbonyl (C=O) groups excluding carboxylic acids is 1. The molecule has 0 aromatic carbocycles. The minimum Gasteiger partial charge on any atom is -0.447 e. The van der Waals surface area contributed by atoms with Crippen molar-refractivity contribution in [1.29, 1.82) is 0 Å². The minimum absolute atomic E-state index is 0.126. The minimum atomic E-state index is -0.499. The molecule has 0 fully saturated rings. The zero-order valence-electron chi connectivity index (χ0n) is 19.5. The van der Waals surface area contributed by atoms with Gasteiger partial charge in [0.15, 0.2) is 5.78 Å². The molecule has 0 bridgehead atoms. The predicted octanol–water partition coefficient (Wildman–Crippen LogP) is 8.07. The first-order valence-electron chi connectivity index (χ1n) is 11.4. The second-order valence-electron chi connectivity index (χ2n) is 9.38. The second-order valence-corrected chi connectivity index (χ2v) is 9.38. The summed E-state index contributed by atoms with van der Waals surface area (Å²) in [6, 6.07) is 0. The second kappa shape index (κ2) is 10.7. The number of ketones is 1. The van der Waals surface area contributed by atoms with E-state index < -0.39 is 5.60 Å². The van der Waals surface area contributed by atoms with Crippen LogP contribution in [0.5, 0.6) is 0 Å². The molecule has 166 valence electrons. The Kier molecular flexibility index (Phi) is 8.56. The van der Waals surface area contributed by atoms with Gasteiger partial charge in [-0.2, -0.15) is 0 Å². The van der Waals surface area contributed by atoms with E-state index in [9.17, 15) is 4.79 Å². The Bertz CT molecular complexity index is 848. The van der Waals surface area contributed by atoms with Gasteiger partial charge in [-0.3, -0.25) is 4.79 Å². The summed E-state index contributed by atoms with van der Waals surface area (Å²) in [6.45, 7) is 30.7. The van der Waals surface area contributed by atoms with Crippen LogP contribution < -0.4 is 0 Å². The molecule has 0 spiro atoms. The summed E-state index contributed by atoms with van der Waals surface area (Å²) in [4.78, 5) is 12.2. The largest absolute Gasteiger partial charge is 0.447 e. The fourth-order valence-electron chi connectivity index (χ4n) is 4.24. The molecular formula is C29H39O2+. The van der Waals surface area contributed by atoms with Crippen molar-refractivity contribution in [2.75, 3.05) is 0 Å². The van der Waals surface area contributed by atoms with E-state index in [0.29, 0.717) is 22.5 Å². The van der Waals surface area contributed by atoms with Crippen LogP contribution in [0.1, 0.15) is 77.6 Å². The zero-order chi connectivity index (χ0) is 23.2. The van der Waals surface area contributed by atoms with Gasteiger partial charge in [0.1, 0.15) is 12.7 Å². The van der Waals surface area contributed by atoms with Crippen molar-refractivity contribution in [1.82, 2.24) is 0 Å². The van der Waals surface area contributed by atoms with Crippen molar-refractivity contribution in [3.63, 3.8) is 0 Å². The van der Waals surface area contributed by atoms with Crippen LogP contribution in [0.2, 0.25) is 0 Å². The Morgan fingerprint density at radius 3 is 2.03 bits per heavy atom. The average molecular weight is 420 g/mol. The molecule has 31 heavy (non-hydrogen) atoms. The standard InChI is InChI=1S/C29H39O2/c1-20(2)12-9-13-21(3)14-10-15-22(4)16-11-18-29(8)19-17-26-25(7)27(30)23(5)24(6)28(26)31-29/h1,3-19H2,2H3/q+1/t29-/m1/s1. The molecule has 0 saturated heterocycles. The van der Waals surface area contributed by atoms with Crippen molar-refractivity contribution < 1.29 is 9.53 Å². The zero-order valence-corrected chi connectivity index (χ0v) is 19.5. The molecule has 0 amide bonds. The number of rotatable bonds is 12. The maximum Gasteiger partial charge on any atom is 0.243 e. The number of hydrogen-bond acceptors (Lipinski definition) is 2. The summed E-state index contributed by atoms with van der Waals surface area (Å²) < 4.78 is 6.28. The summed E-state index contributed by atoms with van der Waals surface area (Å²) >= 11 is 0. The average Bonchev–Trinajstić information content (AvgIpc) is 2.70. The summed E-state index contributed by atoms with van der Waals surface area (Å²) in [5.41, 5.74) is 5.67. The van der Waals surface area contributed by atoms with Gasteiger partial charge in [-0.05, 0) is 64.7 Å². The van der Waals surface area contributed by atoms with Crippen LogP contribution in [0.15, 0.2) is 84.2 Å². The highest BCUT2D eigenvalue weighted by molar-refractivity contribution is 6.15. The Labute approximate surface area is 189 Å². The first-order valence-corrected chi connectivity index (χ1v) is 11.4. The lowest BCUT2D eigenvalue weighted by Crippen LogP contribution is -2.35. The van der Waals surface area contributed by atoms with Crippen molar-refractivity contribution in [3.05, 3.63) is 91.2 Å². The first kappa shape index (κ1) is 24.8. The number of hydrogen-bond donors (Lipinski definition) is 0. The lowest BCUT2D eigenvalue weighted by molar-refractivity contribution is -0.112. The number of carbonyl (C=O) groups is 1. The van der Waals surface area contributed by atoms with Crippen molar-refractivity contribution in [3.8, 4) is 0 Å². The molecule has 2 heteroatoms. The van der Waals surface area contributed by atoms with Gasteiger partial charge in [-0.1, -0.05) is 49.6 Å². The van der Waals surface area contributed by atoms with Crippen LogP contribution in [0.4, 0.5) is 0 Å². The van der Waals surface area contributed by atoms with Gasteiger partial charge in [0.05, 0.1) is 0 Å². The van der Waals surface area contributed by atoms with Gasteiger partial charge in [-0.15, -0.1) is 6.58 Å². The van der Waals surface area contributed by atoms with E-state index in [1.165, 1.54) is 16.7 Å². The van der Waals surface area contributed by atoms with E-state index in [1.54, 1.807) is 0 Å². The Morgan fingerprint density at radius 2 is 1.45 bits per heavy atom. The van der Waals surface area contributed by atoms with Gasteiger partial charge in [0, 0.05) is 35.1 Å². The fraction of sp³-hybridized carbons (Fsp3) is 0.448. The lowest BCUT2D eigenvalue weighted by atomic mass is 9.78. The van der Waals surface area contributed by atoms with Crippen molar-refractivity contribution in [2.45, 2.75) is 83.2 Å². The fourth-order valence-corrected chi connectivity index (χ4v) is 4.24. The van der Waals surface area contributed by atoms with E-state index in [0.717, 1.165) is 76.2 Å². The predicted molar refractivity (Wildman–Crippen MR) is 133 cm³/mol. The number of allylic oxidation sites excluding steroid dienone is 6. The number of ether oxygens (including phenoxy) is 1. The van der Waals surface area contributed by atoms with Gasteiger partial charge >= 0.3 is 0 Å². The molecule has 0 aromatic heterocycles. The third-order valence-corrected chi connectivity index (χ3v) is 6.33. The van der Waals surface area contributed by atoms with Gasteiger partial charge in [0.2, 0.25) is 5.60 Å². The highest BCUT2D eigenvalue weighted by Crippen LogP contribution is 2.44. The maximum atomic E-state index is 12.2. The van der Waals surface area contributed by atoms with E-state index in [4.69, 9.17) is 4.74 Å². The summed E-state index contributed by atoms with van der Waals surface area (Å²) in [5, 5.41) is 0. The lowest BCUT2D eigenvalue weighted by Gasteiger charge is -2.36. The van der Waals surface area contributed by atoms with E-state index in [1.807, 2.05) is 0 Å². The van der Waals surface area contributed by atoms with Crippen LogP contribution in [0.3, 0.4) is 0 Å². The molecular weight excluding hydrogens is 380 g/mol. The van der Waals surface area contributed by atoms with Crippen LogP contribution >= 0.6 is 0 Å². The van der Waals surface area contributed by atoms with E-state index in [-0.39, 0.29) is 5.78 Å². The molecule has 1 heterocycles. The number of Topliss-reactive ketones (excluding diaryl/α,β-unsaturated/α-hetero) is 1. The quantitative estimate of drug-likeness (QED) is 0.181. The smallest absolute Gasteiger partial charge is 0.243 e. The molecule has 1 aliphatic heterocycles. The summed E-state index contributed by atoms with van der Waals surface area (Å²) in [7, 11) is 0. The molecule has 1 aliphatic carbocycles. The first-order chi connectivity index (χ1) is 14.5. The molecule has 0 N–H and O–H groups in total. The summed E-state index contributed by atoms with van der Waals surface area (Å²) in [6.07, 6.45) is 10.9. The molecule has 0 aromatic rings. The molecule has 2 rings (SSSR count). The maximum absolute atomic E-state index is 12.2. The molecule has 0 saturated carbocycles. The van der Waals surface area contributed by atoms with Crippen LogP contribution in [-0.4, -0.2) is 11.4 Å². The van der Waals surface area contributed by atoms with Crippen LogP contribution in [0, 0.1) is 6.92 Å². The van der Waals surface area contributed by atoms with E-state index >= 15 is 0 Å². The third kappa shape index (κ3) is 6.75. The Morgan fingerprint density at radius 1 is 0.903 bits per heavy atom. The highest BCUT2D eigenvalue weighted by Gasteiger charge is 2.43. The topological polar surface area (TPSA) is 26.3 Å². The van der Waals surface area contributed by atoms with Gasteiger partial charge in [0.25, 0.3) is 0 Å². The molecule has 0 radical (unpaired) electrons.